The summed E-state index contributed by atoms with van der Waals surface area (Å²) in [5.74, 6) is 0. The van der Waals surface area contributed by atoms with Crippen LogP contribution in [0.25, 0.3) is 0 Å². The monoisotopic (exact) mass is 406 g/mol. The van der Waals surface area contributed by atoms with Gasteiger partial charge in [-0.2, -0.15) is 4.31 Å². The fourth-order valence-corrected chi connectivity index (χ4v) is 5.80. The van der Waals surface area contributed by atoms with Crippen molar-refractivity contribution in [1.29, 1.82) is 0 Å². The van der Waals surface area contributed by atoms with E-state index in [9.17, 15) is 8.42 Å². The maximum absolute atomic E-state index is 12.9. The summed E-state index contributed by atoms with van der Waals surface area (Å²) in [7, 11) is -3.51. The van der Waals surface area contributed by atoms with E-state index < -0.39 is 10.0 Å². The van der Waals surface area contributed by atoms with Gasteiger partial charge in [-0.1, -0.05) is 35.9 Å². The lowest BCUT2D eigenvalue weighted by atomic mass is 10.00. The summed E-state index contributed by atoms with van der Waals surface area (Å²) in [4.78, 5) is 2.56. The Balaban J connectivity index is 1.51. The van der Waals surface area contributed by atoms with Gasteiger partial charge in [-0.15, -0.1) is 0 Å². The van der Waals surface area contributed by atoms with E-state index in [-0.39, 0.29) is 10.9 Å². The number of fused-ring (bicyclic) bond motifs is 1. The Morgan fingerprint density at radius 2 is 1.85 bits per heavy atom. The fraction of sp³-hybridized carbons (Fsp3) is 0.400. The van der Waals surface area contributed by atoms with E-state index in [0.717, 1.165) is 12.8 Å². The highest BCUT2D eigenvalue weighted by molar-refractivity contribution is 7.89. The highest BCUT2D eigenvalue weighted by atomic mass is 35.5. The molecule has 7 heteroatoms. The van der Waals surface area contributed by atoms with Crippen LogP contribution in [0.5, 0.6) is 0 Å². The Hall–Kier alpha value is -1.60. The van der Waals surface area contributed by atoms with Crippen LogP contribution in [-0.2, 0) is 21.4 Å². The number of ether oxygens (including phenoxy) is 1. The molecule has 0 amide bonds. The van der Waals surface area contributed by atoms with Gasteiger partial charge in [0.05, 0.1) is 11.5 Å². The maximum atomic E-state index is 12.9. The lowest BCUT2D eigenvalue weighted by Gasteiger charge is -2.42. The van der Waals surface area contributed by atoms with Crippen molar-refractivity contribution >= 4 is 27.3 Å². The zero-order valence-electron chi connectivity index (χ0n) is 15.3. The molecule has 0 aliphatic carbocycles. The summed E-state index contributed by atoms with van der Waals surface area (Å²) in [5.41, 5.74) is 3.69. The number of piperidine rings is 1. The molecule has 5 nitrogen and oxygen atoms in total. The molecule has 0 N–H and O–H groups in total. The molecule has 0 radical (unpaired) electrons. The van der Waals surface area contributed by atoms with Crippen LogP contribution in [0, 0.1) is 6.92 Å². The normalized spacial score (nSPS) is 19.1. The van der Waals surface area contributed by atoms with Crippen molar-refractivity contribution in [3.63, 3.8) is 0 Å². The lowest BCUT2D eigenvalue weighted by Crippen LogP contribution is -2.48. The summed E-state index contributed by atoms with van der Waals surface area (Å²) in [6.45, 7) is 4.31. The first kappa shape index (κ1) is 18.7. The molecule has 0 spiro atoms. The molecule has 0 saturated carbocycles. The Labute approximate surface area is 165 Å². The van der Waals surface area contributed by atoms with Crippen LogP contribution < -0.4 is 4.90 Å². The van der Waals surface area contributed by atoms with Crippen molar-refractivity contribution in [2.45, 2.75) is 37.3 Å². The van der Waals surface area contributed by atoms with Crippen molar-refractivity contribution in [3.8, 4) is 0 Å². The predicted octanol–water partition coefficient (Wildman–Crippen LogP) is 3.80. The van der Waals surface area contributed by atoms with Gasteiger partial charge in [-0.25, -0.2) is 8.42 Å². The van der Waals surface area contributed by atoms with E-state index in [2.05, 4.69) is 30.0 Å². The molecule has 1 saturated heterocycles. The van der Waals surface area contributed by atoms with Crippen molar-refractivity contribution < 1.29 is 13.2 Å². The van der Waals surface area contributed by atoms with Crippen LogP contribution in [0.4, 0.5) is 5.69 Å². The number of benzene rings is 2. The average Bonchev–Trinajstić information content (AvgIpc) is 2.68. The molecule has 27 heavy (non-hydrogen) atoms. The minimum Gasteiger partial charge on any atom is -0.356 e. The second-order valence-electron chi connectivity index (χ2n) is 7.12. The van der Waals surface area contributed by atoms with E-state index in [1.807, 2.05) is 0 Å². The molecule has 2 aromatic carbocycles. The molecule has 0 unspecified atom stereocenters. The fourth-order valence-electron chi connectivity index (χ4n) is 4.02. The van der Waals surface area contributed by atoms with Crippen LogP contribution in [0.2, 0.25) is 5.02 Å². The van der Waals surface area contributed by atoms with Gasteiger partial charge in [0.1, 0.15) is 6.73 Å². The number of aryl methyl sites for hydroxylation is 1. The molecular weight excluding hydrogens is 384 g/mol. The van der Waals surface area contributed by atoms with Crippen molar-refractivity contribution in [2.24, 2.45) is 0 Å². The summed E-state index contributed by atoms with van der Waals surface area (Å²) < 4.78 is 33.1. The quantitative estimate of drug-likeness (QED) is 0.778. The molecule has 4 rings (SSSR count). The molecular formula is C20H23ClN2O3S. The zero-order valence-corrected chi connectivity index (χ0v) is 16.8. The molecule has 2 heterocycles. The first-order valence-electron chi connectivity index (χ1n) is 9.15. The number of para-hydroxylation sites is 1. The van der Waals surface area contributed by atoms with Crippen LogP contribution >= 0.6 is 11.6 Å². The molecule has 144 valence electrons. The van der Waals surface area contributed by atoms with Gasteiger partial charge in [0.15, 0.2) is 0 Å². The molecule has 2 aliphatic heterocycles. The Kier molecular flexibility index (Phi) is 5.16. The Morgan fingerprint density at radius 3 is 2.59 bits per heavy atom. The predicted molar refractivity (Wildman–Crippen MR) is 107 cm³/mol. The van der Waals surface area contributed by atoms with Gasteiger partial charge >= 0.3 is 0 Å². The highest BCUT2D eigenvalue weighted by Gasteiger charge is 2.33. The first-order chi connectivity index (χ1) is 13.0. The smallest absolute Gasteiger partial charge is 0.243 e. The summed E-state index contributed by atoms with van der Waals surface area (Å²) in [6, 6.07) is 13.0. The summed E-state index contributed by atoms with van der Waals surface area (Å²) >= 11 is 5.97. The van der Waals surface area contributed by atoms with Gasteiger partial charge in [0.25, 0.3) is 0 Å². The molecule has 0 aromatic heterocycles. The van der Waals surface area contributed by atoms with Crippen LogP contribution in [-0.4, -0.2) is 38.6 Å². The van der Waals surface area contributed by atoms with Gasteiger partial charge in [0, 0.05) is 35.4 Å². The third-order valence-electron chi connectivity index (χ3n) is 5.39. The van der Waals surface area contributed by atoms with E-state index in [1.54, 1.807) is 22.5 Å². The van der Waals surface area contributed by atoms with Crippen molar-refractivity contribution in [3.05, 3.63) is 58.6 Å². The average molecular weight is 407 g/mol. The van der Waals surface area contributed by atoms with Crippen LogP contribution in [0.3, 0.4) is 0 Å². The van der Waals surface area contributed by atoms with Crippen LogP contribution in [0.1, 0.15) is 24.0 Å². The summed E-state index contributed by atoms with van der Waals surface area (Å²) in [5, 5.41) is 0.434. The lowest BCUT2D eigenvalue weighted by molar-refractivity contribution is 0.0986. The number of hydrogen-bond acceptors (Lipinski definition) is 4. The molecule has 0 bridgehead atoms. The number of halogens is 1. The first-order valence-corrected chi connectivity index (χ1v) is 11.0. The van der Waals surface area contributed by atoms with E-state index in [4.69, 9.17) is 16.3 Å². The van der Waals surface area contributed by atoms with E-state index >= 15 is 0 Å². The number of rotatable bonds is 3. The molecule has 2 aromatic rings. The molecule has 1 fully saturated rings. The second-order valence-corrected chi connectivity index (χ2v) is 9.50. The van der Waals surface area contributed by atoms with Crippen molar-refractivity contribution in [1.82, 2.24) is 4.31 Å². The van der Waals surface area contributed by atoms with Gasteiger partial charge in [-0.3, -0.25) is 0 Å². The Morgan fingerprint density at radius 1 is 1.11 bits per heavy atom. The van der Waals surface area contributed by atoms with E-state index in [1.165, 1.54) is 22.9 Å². The third kappa shape index (κ3) is 3.59. The highest BCUT2D eigenvalue weighted by Crippen LogP contribution is 2.34. The number of sulfonamides is 1. The van der Waals surface area contributed by atoms with Gasteiger partial charge < -0.3 is 9.64 Å². The SMILES string of the molecule is Cc1cccc2c1N(C1CCN(S(=O)(=O)c3cccc(Cl)c3)CC1)COC2. The molecule has 0 atom stereocenters. The minimum absolute atomic E-state index is 0.260. The third-order valence-corrected chi connectivity index (χ3v) is 7.52. The van der Waals surface area contributed by atoms with Crippen LogP contribution in [0.15, 0.2) is 47.4 Å². The largest absolute Gasteiger partial charge is 0.356 e. The topological polar surface area (TPSA) is 49.9 Å². The molecule has 2 aliphatic rings. The van der Waals surface area contributed by atoms with Gasteiger partial charge in [0.2, 0.25) is 10.0 Å². The Bertz CT molecular complexity index is 940. The van der Waals surface area contributed by atoms with Gasteiger partial charge in [-0.05, 0) is 43.5 Å². The zero-order chi connectivity index (χ0) is 19.0. The standard InChI is InChI=1S/C20H23ClN2O3S/c1-15-4-2-5-16-13-26-14-23(20(15)16)18-8-10-22(11-9-18)27(24,25)19-7-3-6-17(21)12-19/h2-7,12,18H,8-11,13-14H2,1H3. The van der Waals surface area contributed by atoms with Crippen molar-refractivity contribution in [2.75, 3.05) is 24.7 Å². The maximum Gasteiger partial charge on any atom is 0.243 e. The second kappa shape index (κ2) is 7.43. The summed E-state index contributed by atoms with van der Waals surface area (Å²) in [6.07, 6.45) is 1.55. The number of nitrogens with zero attached hydrogens (tertiary/aromatic N) is 2. The minimum atomic E-state index is -3.51. The van der Waals surface area contributed by atoms with E-state index in [0.29, 0.717) is 31.4 Å². The number of hydrogen-bond donors (Lipinski definition) is 0. The number of anilines is 1.